The summed E-state index contributed by atoms with van der Waals surface area (Å²) in [6.07, 6.45) is 3.80. The number of hydrogen-bond acceptors (Lipinski definition) is 4. The molecular formula is C17H34N2O2. The van der Waals surface area contributed by atoms with Crippen molar-refractivity contribution in [2.45, 2.75) is 58.9 Å². The van der Waals surface area contributed by atoms with Crippen molar-refractivity contribution in [2.24, 2.45) is 5.92 Å². The summed E-state index contributed by atoms with van der Waals surface area (Å²) in [7, 11) is 2.17. The van der Waals surface area contributed by atoms with Crippen LogP contribution in [0.2, 0.25) is 0 Å². The van der Waals surface area contributed by atoms with E-state index in [4.69, 9.17) is 4.74 Å². The van der Waals surface area contributed by atoms with Crippen LogP contribution in [-0.2, 0) is 9.53 Å². The second-order valence-corrected chi connectivity index (χ2v) is 6.57. The lowest BCUT2D eigenvalue weighted by atomic mass is 9.80. The van der Waals surface area contributed by atoms with Gasteiger partial charge in [-0.05, 0) is 32.7 Å². The van der Waals surface area contributed by atoms with Crippen molar-refractivity contribution >= 4 is 5.97 Å². The lowest BCUT2D eigenvalue weighted by Gasteiger charge is -2.48. The highest BCUT2D eigenvalue weighted by atomic mass is 16.5. The van der Waals surface area contributed by atoms with Gasteiger partial charge in [-0.15, -0.1) is 0 Å². The standard InChI is InChI=1S/C17H34N2O2/c1-6-15(4)13-17(7-2,14-16(20)21-8-3)19-11-9-18(5)10-12-19/h15H,6-14H2,1-5H3. The molecule has 1 aliphatic rings. The second kappa shape index (κ2) is 8.74. The first kappa shape index (κ1) is 18.4. The largest absolute Gasteiger partial charge is 0.466 e. The van der Waals surface area contributed by atoms with Crippen molar-refractivity contribution in [2.75, 3.05) is 39.8 Å². The molecule has 4 heteroatoms. The van der Waals surface area contributed by atoms with Gasteiger partial charge in [0.15, 0.2) is 0 Å². The Labute approximate surface area is 130 Å². The van der Waals surface area contributed by atoms with Crippen molar-refractivity contribution in [3.8, 4) is 0 Å². The molecule has 4 nitrogen and oxygen atoms in total. The monoisotopic (exact) mass is 298 g/mol. The topological polar surface area (TPSA) is 32.8 Å². The van der Waals surface area contributed by atoms with Crippen LogP contribution in [0.25, 0.3) is 0 Å². The van der Waals surface area contributed by atoms with E-state index in [1.54, 1.807) is 0 Å². The predicted molar refractivity (Wildman–Crippen MR) is 87.4 cm³/mol. The van der Waals surface area contributed by atoms with Crippen LogP contribution in [0.4, 0.5) is 0 Å². The predicted octanol–water partition coefficient (Wildman–Crippen LogP) is 2.77. The summed E-state index contributed by atoms with van der Waals surface area (Å²) in [6.45, 7) is 13.4. The number of likely N-dealkylation sites (N-methyl/N-ethyl adjacent to an activating group) is 1. The molecule has 1 fully saturated rings. The van der Waals surface area contributed by atoms with E-state index in [0.717, 1.165) is 45.4 Å². The Balaban J connectivity index is 2.86. The molecule has 1 saturated heterocycles. The van der Waals surface area contributed by atoms with E-state index in [9.17, 15) is 4.79 Å². The van der Waals surface area contributed by atoms with Gasteiger partial charge in [0.25, 0.3) is 0 Å². The molecular weight excluding hydrogens is 264 g/mol. The third-order valence-electron chi connectivity index (χ3n) is 5.04. The van der Waals surface area contributed by atoms with Crippen LogP contribution < -0.4 is 0 Å². The van der Waals surface area contributed by atoms with Crippen LogP contribution in [0.3, 0.4) is 0 Å². The Morgan fingerprint density at radius 3 is 2.29 bits per heavy atom. The summed E-state index contributed by atoms with van der Waals surface area (Å²) in [5.41, 5.74) is -0.0249. The summed E-state index contributed by atoms with van der Waals surface area (Å²) >= 11 is 0. The fourth-order valence-corrected chi connectivity index (χ4v) is 3.36. The van der Waals surface area contributed by atoms with Crippen molar-refractivity contribution < 1.29 is 9.53 Å². The van der Waals surface area contributed by atoms with Gasteiger partial charge in [0.2, 0.25) is 0 Å². The van der Waals surface area contributed by atoms with Gasteiger partial charge in [-0.1, -0.05) is 27.2 Å². The quantitative estimate of drug-likeness (QED) is 0.645. The number of carbonyl (C=O) groups excluding carboxylic acids is 1. The maximum atomic E-state index is 12.1. The number of ether oxygens (including phenoxy) is 1. The summed E-state index contributed by atoms with van der Waals surface area (Å²) < 4.78 is 5.25. The Kier molecular flexibility index (Phi) is 7.67. The number of nitrogens with zero attached hydrogens (tertiary/aromatic N) is 2. The van der Waals surface area contributed by atoms with E-state index in [0.29, 0.717) is 18.9 Å². The molecule has 0 aromatic carbocycles. The molecule has 0 aromatic rings. The summed E-state index contributed by atoms with van der Waals surface area (Å²) in [5, 5.41) is 0. The van der Waals surface area contributed by atoms with E-state index in [1.165, 1.54) is 0 Å². The number of hydrogen-bond donors (Lipinski definition) is 0. The van der Waals surface area contributed by atoms with Crippen LogP contribution in [0.5, 0.6) is 0 Å². The molecule has 21 heavy (non-hydrogen) atoms. The molecule has 0 bridgehead atoms. The normalized spacial score (nSPS) is 21.8. The van der Waals surface area contributed by atoms with Gasteiger partial charge in [0.1, 0.15) is 0 Å². The minimum Gasteiger partial charge on any atom is -0.466 e. The zero-order chi connectivity index (χ0) is 15.9. The Morgan fingerprint density at radius 1 is 1.19 bits per heavy atom. The maximum Gasteiger partial charge on any atom is 0.307 e. The van der Waals surface area contributed by atoms with Crippen LogP contribution in [0, 0.1) is 5.92 Å². The molecule has 0 aliphatic carbocycles. The van der Waals surface area contributed by atoms with E-state index >= 15 is 0 Å². The fraction of sp³-hybridized carbons (Fsp3) is 0.941. The van der Waals surface area contributed by atoms with Gasteiger partial charge in [0, 0.05) is 31.7 Å². The fourth-order valence-electron chi connectivity index (χ4n) is 3.36. The van der Waals surface area contributed by atoms with Gasteiger partial charge < -0.3 is 9.64 Å². The molecule has 0 aromatic heterocycles. The van der Waals surface area contributed by atoms with Gasteiger partial charge >= 0.3 is 5.97 Å². The summed E-state index contributed by atoms with van der Waals surface area (Å²) in [4.78, 5) is 17.1. The van der Waals surface area contributed by atoms with Crippen LogP contribution in [0.15, 0.2) is 0 Å². The van der Waals surface area contributed by atoms with E-state index in [2.05, 4.69) is 37.6 Å². The van der Waals surface area contributed by atoms with E-state index < -0.39 is 0 Å². The van der Waals surface area contributed by atoms with Crippen molar-refractivity contribution in [3.63, 3.8) is 0 Å². The minimum absolute atomic E-state index is 0.0249. The third kappa shape index (κ3) is 5.26. The van der Waals surface area contributed by atoms with Crippen LogP contribution >= 0.6 is 0 Å². The molecule has 124 valence electrons. The Bertz CT molecular complexity index is 314. The molecule has 2 unspecified atom stereocenters. The van der Waals surface area contributed by atoms with Crippen molar-refractivity contribution in [1.29, 1.82) is 0 Å². The zero-order valence-electron chi connectivity index (χ0n) is 14.7. The van der Waals surface area contributed by atoms with Gasteiger partial charge in [0.05, 0.1) is 13.0 Å². The molecule has 0 amide bonds. The Hall–Kier alpha value is -0.610. The maximum absolute atomic E-state index is 12.1. The van der Waals surface area contributed by atoms with Crippen LogP contribution in [-0.4, -0.2) is 61.1 Å². The molecule has 0 spiro atoms. The third-order valence-corrected chi connectivity index (χ3v) is 5.04. The van der Waals surface area contributed by atoms with E-state index in [1.807, 2.05) is 6.92 Å². The molecule has 2 atom stereocenters. The highest BCUT2D eigenvalue weighted by Crippen LogP contribution is 2.33. The van der Waals surface area contributed by atoms with Gasteiger partial charge in [-0.2, -0.15) is 0 Å². The molecule has 0 saturated carbocycles. The number of rotatable bonds is 8. The zero-order valence-corrected chi connectivity index (χ0v) is 14.7. The summed E-state index contributed by atoms with van der Waals surface area (Å²) in [6, 6.07) is 0. The van der Waals surface area contributed by atoms with Crippen molar-refractivity contribution in [1.82, 2.24) is 9.80 Å². The first-order valence-electron chi connectivity index (χ1n) is 8.56. The molecule has 0 radical (unpaired) electrons. The SMILES string of the molecule is CCOC(=O)CC(CC)(CC(C)CC)N1CCN(C)CC1. The molecule has 0 N–H and O–H groups in total. The van der Waals surface area contributed by atoms with Gasteiger partial charge in [-0.3, -0.25) is 9.69 Å². The second-order valence-electron chi connectivity index (χ2n) is 6.57. The number of carbonyl (C=O) groups is 1. The number of esters is 1. The van der Waals surface area contributed by atoms with Crippen LogP contribution in [0.1, 0.15) is 53.4 Å². The Morgan fingerprint density at radius 2 is 1.81 bits per heavy atom. The minimum atomic E-state index is -0.0402. The highest BCUT2D eigenvalue weighted by molar-refractivity contribution is 5.71. The van der Waals surface area contributed by atoms with Crippen molar-refractivity contribution in [3.05, 3.63) is 0 Å². The molecule has 1 heterocycles. The first-order chi connectivity index (χ1) is 9.97. The molecule has 1 aliphatic heterocycles. The summed E-state index contributed by atoms with van der Waals surface area (Å²) in [5.74, 6) is 0.598. The van der Waals surface area contributed by atoms with Gasteiger partial charge in [-0.25, -0.2) is 0 Å². The van der Waals surface area contributed by atoms with E-state index in [-0.39, 0.29) is 11.5 Å². The lowest BCUT2D eigenvalue weighted by Crippen LogP contribution is -2.57. The average Bonchev–Trinajstić information content (AvgIpc) is 2.47. The lowest BCUT2D eigenvalue weighted by molar-refractivity contribution is -0.147. The smallest absolute Gasteiger partial charge is 0.307 e. The number of piperazine rings is 1. The average molecular weight is 298 g/mol. The molecule has 1 rings (SSSR count). The first-order valence-corrected chi connectivity index (χ1v) is 8.56. The highest BCUT2D eigenvalue weighted by Gasteiger charge is 2.39.